The van der Waals surface area contributed by atoms with Crippen LogP contribution < -0.4 is 10.0 Å². The van der Waals surface area contributed by atoms with Gasteiger partial charge in [-0.25, -0.2) is 13.6 Å². The molecule has 1 fully saturated rings. The van der Waals surface area contributed by atoms with Crippen molar-refractivity contribution in [2.24, 2.45) is 5.14 Å². The zero-order valence-electron chi connectivity index (χ0n) is 9.30. The monoisotopic (exact) mass is 254 g/mol. The van der Waals surface area contributed by atoms with Gasteiger partial charge in [-0.05, 0) is 12.1 Å². The van der Waals surface area contributed by atoms with Crippen LogP contribution in [0.1, 0.15) is 12.8 Å². The van der Waals surface area contributed by atoms with Gasteiger partial charge in [0.15, 0.2) is 0 Å². The molecule has 5 nitrogen and oxygen atoms in total. The summed E-state index contributed by atoms with van der Waals surface area (Å²) in [5.74, 6) is 0.217. The number of anilines is 1. The lowest BCUT2D eigenvalue weighted by molar-refractivity contribution is -0.119. The number of Topliss-reactive ketones (excluding diaryl/α,β-unsaturated/α-hetero) is 1. The van der Waals surface area contributed by atoms with Gasteiger partial charge in [-0.2, -0.15) is 0 Å². The van der Waals surface area contributed by atoms with Crippen molar-refractivity contribution in [3.8, 4) is 0 Å². The molecule has 1 aliphatic rings. The van der Waals surface area contributed by atoms with Crippen molar-refractivity contribution in [2.75, 3.05) is 18.0 Å². The maximum absolute atomic E-state index is 11.4. The van der Waals surface area contributed by atoms with Gasteiger partial charge in [-0.3, -0.25) is 4.79 Å². The van der Waals surface area contributed by atoms with Crippen LogP contribution in [0.15, 0.2) is 29.2 Å². The molecule has 0 spiro atoms. The molecular weight excluding hydrogens is 240 g/mol. The molecule has 0 aliphatic carbocycles. The van der Waals surface area contributed by atoms with E-state index in [4.69, 9.17) is 5.14 Å². The van der Waals surface area contributed by atoms with Gasteiger partial charge in [0.25, 0.3) is 0 Å². The average Bonchev–Trinajstić information content (AvgIpc) is 2.29. The molecule has 92 valence electrons. The molecule has 0 radical (unpaired) electrons. The first kappa shape index (κ1) is 12.1. The van der Waals surface area contributed by atoms with Crippen molar-refractivity contribution in [1.29, 1.82) is 0 Å². The number of hydrogen-bond donors (Lipinski definition) is 1. The third kappa shape index (κ3) is 2.65. The molecule has 0 atom stereocenters. The highest BCUT2D eigenvalue weighted by molar-refractivity contribution is 7.89. The van der Waals surface area contributed by atoms with Crippen LogP contribution in [0.4, 0.5) is 5.69 Å². The molecule has 6 heteroatoms. The number of ketones is 1. The maximum Gasteiger partial charge on any atom is 0.240 e. The Kier molecular flexibility index (Phi) is 3.17. The van der Waals surface area contributed by atoms with Gasteiger partial charge in [0, 0.05) is 25.9 Å². The summed E-state index contributed by atoms with van der Waals surface area (Å²) in [6, 6.07) is 6.61. The second kappa shape index (κ2) is 4.46. The molecule has 1 aromatic rings. The highest BCUT2D eigenvalue weighted by Gasteiger charge is 2.22. The summed E-state index contributed by atoms with van der Waals surface area (Å²) in [7, 11) is -3.72. The Balaban J connectivity index is 2.36. The van der Waals surface area contributed by atoms with Gasteiger partial charge >= 0.3 is 0 Å². The Hall–Kier alpha value is -1.40. The van der Waals surface area contributed by atoms with E-state index in [9.17, 15) is 13.2 Å². The normalized spacial score (nSPS) is 17.2. The molecule has 0 saturated carbocycles. The molecule has 0 unspecified atom stereocenters. The average molecular weight is 254 g/mol. The summed E-state index contributed by atoms with van der Waals surface area (Å²) in [6.07, 6.45) is 0.915. The van der Waals surface area contributed by atoms with Crippen molar-refractivity contribution < 1.29 is 13.2 Å². The van der Waals surface area contributed by atoms with Gasteiger partial charge < -0.3 is 4.90 Å². The van der Waals surface area contributed by atoms with E-state index in [0.717, 1.165) is 0 Å². The maximum atomic E-state index is 11.4. The number of para-hydroxylation sites is 1. The Morgan fingerprint density at radius 1 is 1.12 bits per heavy atom. The highest BCUT2D eigenvalue weighted by atomic mass is 32.2. The second-order valence-corrected chi connectivity index (χ2v) is 5.57. The second-order valence-electron chi connectivity index (χ2n) is 4.04. The summed E-state index contributed by atoms with van der Waals surface area (Å²) in [5.41, 5.74) is 0.586. The number of rotatable bonds is 2. The van der Waals surface area contributed by atoms with Crippen molar-refractivity contribution >= 4 is 21.5 Å². The summed E-state index contributed by atoms with van der Waals surface area (Å²) in [4.78, 5) is 13.2. The fourth-order valence-electron chi connectivity index (χ4n) is 1.96. The van der Waals surface area contributed by atoms with E-state index in [1.54, 1.807) is 18.2 Å². The van der Waals surface area contributed by atoms with Crippen molar-refractivity contribution in [3.05, 3.63) is 24.3 Å². The van der Waals surface area contributed by atoms with Crippen LogP contribution >= 0.6 is 0 Å². The number of nitrogens with zero attached hydrogens (tertiary/aromatic N) is 1. The molecule has 1 saturated heterocycles. The third-order valence-electron chi connectivity index (χ3n) is 2.83. The molecule has 0 aromatic heterocycles. The molecular formula is C11H14N2O3S. The van der Waals surface area contributed by atoms with Gasteiger partial charge in [-0.1, -0.05) is 12.1 Å². The number of hydrogen-bond acceptors (Lipinski definition) is 4. The van der Waals surface area contributed by atoms with E-state index >= 15 is 0 Å². The fourth-order valence-corrected chi connectivity index (χ4v) is 2.71. The fraction of sp³-hybridized carbons (Fsp3) is 0.364. The van der Waals surface area contributed by atoms with Gasteiger partial charge in [0.2, 0.25) is 10.0 Å². The van der Waals surface area contributed by atoms with Crippen LogP contribution in [-0.4, -0.2) is 27.3 Å². The number of piperidine rings is 1. The van der Waals surface area contributed by atoms with Crippen LogP contribution in [0.2, 0.25) is 0 Å². The zero-order valence-corrected chi connectivity index (χ0v) is 10.1. The van der Waals surface area contributed by atoms with Crippen LogP contribution in [0.3, 0.4) is 0 Å². The molecule has 1 heterocycles. The number of primary sulfonamides is 1. The van der Waals surface area contributed by atoms with E-state index in [1.165, 1.54) is 6.07 Å². The van der Waals surface area contributed by atoms with Crippen molar-refractivity contribution in [3.63, 3.8) is 0 Å². The molecule has 2 rings (SSSR count). The minimum Gasteiger partial charge on any atom is -0.370 e. The molecule has 17 heavy (non-hydrogen) atoms. The van der Waals surface area contributed by atoms with E-state index in [0.29, 0.717) is 31.6 Å². The van der Waals surface area contributed by atoms with Crippen LogP contribution in [-0.2, 0) is 14.8 Å². The number of carbonyl (C=O) groups is 1. The largest absolute Gasteiger partial charge is 0.370 e. The zero-order chi connectivity index (χ0) is 12.5. The topological polar surface area (TPSA) is 80.5 Å². The first-order valence-electron chi connectivity index (χ1n) is 5.37. The summed E-state index contributed by atoms with van der Waals surface area (Å²) in [5, 5.41) is 5.17. The van der Waals surface area contributed by atoms with E-state index in [-0.39, 0.29) is 10.7 Å². The van der Waals surface area contributed by atoms with E-state index in [2.05, 4.69) is 0 Å². The summed E-state index contributed by atoms with van der Waals surface area (Å²) < 4.78 is 22.9. The quantitative estimate of drug-likeness (QED) is 0.833. The van der Waals surface area contributed by atoms with Crippen molar-refractivity contribution in [1.82, 2.24) is 0 Å². The minimum absolute atomic E-state index is 0.120. The smallest absolute Gasteiger partial charge is 0.240 e. The lowest BCUT2D eigenvalue weighted by Crippen LogP contribution is -2.35. The minimum atomic E-state index is -3.72. The third-order valence-corrected chi connectivity index (χ3v) is 3.79. The Morgan fingerprint density at radius 2 is 1.71 bits per heavy atom. The van der Waals surface area contributed by atoms with Crippen molar-refractivity contribution in [2.45, 2.75) is 17.7 Å². The number of nitrogens with two attached hydrogens (primary N) is 1. The Morgan fingerprint density at radius 3 is 2.29 bits per heavy atom. The molecule has 0 bridgehead atoms. The molecule has 1 aromatic carbocycles. The summed E-state index contributed by atoms with van der Waals surface area (Å²) in [6.45, 7) is 1.09. The standard InChI is InChI=1S/C11H14N2O3S/c12-17(15,16)11-4-2-1-3-10(11)13-7-5-9(14)6-8-13/h1-4H,5-8H2,(H2,12,15,16). The predicted molar refractivity (Wildman–Crippen MR) is 64.3 cm³/mol. The van der Waals surface area contributed by atoms with E-state index in [1.807, 2.05) is 4.90 Å². The highest BCUT2D eigenvalue weighted by Crippen LogP contribution is 2.25. The van der Waals surface area contributed by atoms with Crippen LogP contribution in [0.5, 0.6) is 0 Å². The Labute approximate surface area is 100 Å². The lowest BCUT2D eigenvalue weighted by Gasteiger charge is -2.29. The SMILES string of the molecule is NS(=O)(=O)c1ccccc1N1CCC(=O)CC1. The Bertz CT molecular complexity index is 529. The number of carbonyl (C=O) groups excluding carboxylic acids is 1. The molecule has 2 N–H and O–H groups in total. The summed E-state index contributed by atoms with van der Waals surface area (Å²) >= 11 is 0. The van der Waals surface area contributed by atoms with Crippen LogP contribution in [0, 0.1) is 0 Å². The van der Waals surface area contributed by atoms with E-state index < -0.39 is 10.0 Å². The lowest BCUT2D eigenvalue weighted by atomic mass is 10.1. The number of sulfonamides is 1. The molecule has 0 amide bonds. The predicted octanol–water partition coefficient (Wildman–Crippen LogP) is 0.503. The van der Waals surface area contributed by atoms with Gasteiger partial charge in [0.1, 0.15) is 10.7 Å². The van der Waals surface area contributed by atoms with Gasteiger partial charge in [-0.15, -0.1) is 0 Å². The van der Waals surface area contributed by atoms with Crippen LogP contribution in [0.25, 0.3) is 0 Å². The molecule has 1 aliphatic heterocycles. The van der Waals surface area contributed by atoms with Gasteiger partial charge in [0.05, 0.1) is 5.69 Å². The first-order valence-corrected chi connectivity index (χ1v) is 6.91. The first-order chi connectivity index (χ1) is 7.98. The number of benzene rings is 1.